The maximum atomic E-state index is 13.9. The van der Waals surface area contributed by atoms with E-state index in [2.05, 4.69) is 37.4 Å². The van der Waals surface area contributed by atoms with Crippen LogP contribution in [0.3, 0.4) is 0 Å². The lowest BCUT2D eigenvalue weighted by Gasteiger charge is -2.40. The Morgan fingerprint density at radius 3 is 1.03 bits per heavy atom. The summed E-state index contributed by atoms with van der Waals surface area (Å²) in [6, 6.07) is 35.6. The van der Waals surface area contributed by atoms with E-state index in [0.29, 0.717) is 44.9 Å². The van der Waals surface area contributed by atoms with E-state index in [-0.39, 0.29) is 85.3 Å². The zero-order valence-corrected chi connectivity index (χ0v) is 39.6. The summed E-state index contributed by atoms with van der Waals surface area (Å²) in [5.74, 6) is 0.434. The fraction of sp³-hybridized carbons (Fsp3) is 0.263. The summed E-state index contributed by atoms with van der Waals surface area (Å²) in [6.07, 6.45) is 0. The van der Waals surface area contributed by atoms with E-state index >= 15 is 0 Å². The third-order valence-electron chi connectivity index (χ3n) is 11.3. The Morgan fingerprint density at radius 1 is 0.403 bits per heavy atom. The van der Waals surface area contributed by atoms with Crippen LogP contribution in [0.15, 0.2) is 133 Å². The van der Waals surface area contributed by atoms with Gasteiger partial charge in [-0.2, -0.15) is 0 Å². The first-order chi connectivity index (χ1) is 32.5. The third-order valence-corrected chi connectivity index (χ3v) is 11.3. The Labute approximate surface area is 393 Å². The lowest BCUT2D eigenvalue weighted by atomic mass is 9.65. The highest BCUT2D eigenvalue weighted by Crippen LogP contribution is 2.70. The van der Waals surface area contributed by atoms with E-state index in [1.165, 1.54) is 0 Å². The summed E-state index contributed by atoms with van der Waals surface area (Å²) < 4.78 is 54.2. The van der Waals surface area contributed by atoms with E-state index in [4.69, 9.17) is 37.9 Å². The predicted octanol–water partition coefficient (Wildman–Crippen LogP) is 12.7. The molecule has 0 aliphatic heterocycles. The molecule has 0 saturated heterocycles. The predicted molar refractivity (Wildman–Crippen MR) is 263 cm³/mol. The fourth-order valence-corrected chi connectivity index (χ4v) is 8.88. The maximum absolute atomic E-state index is 13.9. The van der Waals surface area contributed by atoms with Crippen molar-refractivity contribution in [3.05, 3.63) is 156 Å². The molecule has 0 N–H and O–H groups in total. The number of esters is 2. The molecule has 0 radical (unpaired) electrons. The zero-order valence-electron chi connectivity index (χ0n) is 39.6. The summed E-state index contributed by atoms with van der Waals surface area (Å²) in [6.45, 7) is 23.4. The number of hydrogen-bond acceptors (Lipinski definition) is 10. The van der Waals surface area contributed by atoms with E-state index in [0.717, 1.165) is 22.3 Å². The molecule has 0 atom stereocenters. The minimum Gasteiger partial charge on any atom is -0.493 e. The summed E-state index contributed by atoms with van der Waals surface area (Å²) in [7, 11) is 0. The monoisotopic (exact) mass is 902 g/mol. The molecule has 0 spiro atoms. The van der Waals surface area contributed by atoms with Crippen LogP contribution in [-0.2, 0) is 15.0 Å². The molecule has 10 heteroatoms. The van der Waals surface area contributed by atoms with Gasteiger partial charge in [-0.25, -0.2) is 9.59 Å². The molecule has 7 rings (SSSR count). The highest BCUT2D eigenvalue weighted by molar-refractivity contribution is 5.99. The van der Waals surface area contributed by atoms with Gasteiger partial charge >= 0.3 is 11.9 Å². The Balaban J connectivity index is 1.91. The quantitative estimate of drug-likeness (QED) is 0.0417. The first-order valence-corrected chi connectivity index (χ1v) is 22.9. The van der Waals surface area contributed by atoms with Crippen LogP contribution >= 0.6 is 0 Å². The van der Waals surface area contributed by atoms with E-state index in [1.807, 2.05) is 126 Å². The van der Waals surface area contributed by atoms with E-state index < -0.39 is 17.4 Å². The average Bonchev–Trinajstić information content (AvgIpc) is 3.62. The topological polar surface area (TPSA) is 108 Å². The van der Waals surface area contributed by atoms with Crippen molar-refractivity contribution in [3.8, 4) is 79.4 Å². The van der Waals surface area contributed by atoms with Crippen LogP contribution in [0.5, 0.6) is 46.0 Å². The summed E-state index contributed by atoms with van der Waals surface area (Å²) in [5.41, 5.74) is 5.60. The molecule has 6 aromatic carbocycles. The van der Waals surface area contributed by atoms with Crippen molar-refractivity contribution in [2.75, 3.05) is 39.6 Å². The molecule has 10 nitrogen and oxygen atoms in total. The second-order valence-corrected chi connectivity index (χ2v) is 15.6. The van der Waals surface area contributed by atoms with E-state index in [9.17, 15) is 9.59 Å². The maximum Gasteiger partial charge on any atom is 0.338 e. The number of carbonyl (C=O) groups is 2. The summed E-state index contributed by atoms with van der Waals surface area (Å²) in [4.78, 5) is 27.7. The molecular weight excluding hydrogens is 845 g/mol. The van der Waals surface area contributed by atoms with Gasteiger partial charge in [0, 0.05) is 11.1 Å². The second-order valence-electron chi connectivity index (χ2n) is 15.6. The van der Waals surface area contributed by atoms with Crippen LogP contribution in [0.4, 0.5) is 0 Å². The Morgan fingerprint density at radius 2 is 0.701 bits per heavy atom. The van der Waals surface area contributed by atoms with Crippen molar-refractivity contribution in [3.63, 3.8) is 0 Å². The minimum atomic E-state index is -1.50. The van der Waals surface area contributed by atoms with Crippen molar-refractivity contribution in [1.29, 1.82) is 0 Å². The molecule has 0 unspecified atom stereocenters. The van der Waals surface area contributed by atoms with Crippen LogP contribution < -0.4 is 37.9 Å². The number of ether oxygens (including phenoxy) is 8. The van der Waals surface area contributed by atoms with Crippen molar-refractivity contribution in [1.82, 2.24) is 0 Å². The zero-order chi connectivity index (χ0) is 47.8. The molecule has 0 bridgehead atoms. The van der Waals surface area contributed by atoms with Crippen molar-refractivity contribution >= 4 is 11.9 Å². The highest BCUT2D eigenvalue weighted by atomic mass is 16.6. The van der Waals surface area contributed by atoms with Crippen LogP contribution in [0.25, 0.3) is 33.4 Å². The lowest BCUT2D eigenvalue weighted by Crippen LogP contribution is -2.33. The number of carbonyl (C=O) groups excluding carboxylic acids is 2. The van der Waals surface area contributed by atoms with Gasteiger partial charge in [0.05, 0.1) is 67.3 Å². The Bertz CT molecular complexity index is 2620. The SMILES string of the molecule is C=C(C)C(=O)Oc1c(OCC)c(OCC)c(C2(c3c(OCC)c(OCC)c(OC(=O)C(=C)C)c(-c4ccccc4)c3OCC)c3ccccc3-c3ccccc32)c(OCC)c1-c1ccccc1. The third kappa shape index (κ3) is 8.48. The highest BCUT2D eigenvalue weighted by Gasteiger charge is 2.56. The molecule has 1 aliphatic rings. The van der Waals surface area contributed by atoms with Crippen LogP contribution in [0, 0.1) is 0 Å². The molecule has 1 aliphatic carbocycles. The summed E-state index contributed by atoms with van der Waals surface area (Å²) >= 11 is 0. The molecule has 0 aromatic heterocycles. The molecule has 0 fully saturated rings. The minimum absolute atomic E-state index is 0.100. The van der Waals surface area contributed by atoms with Gasteiger partial charge in [0.2, 0.25) is 11.5 Å². The largest absolute Gasteiger partial charge is 0.493 e. The van der Waals surface area contributed by atoms with Gasteiger partial charge in [-0.05, 0) is 88.8 Å². The van der Waals surface area contributed by atoms with Crippen LogP contribution in [0.2, 0.25) is 0 Å². The number of fused-ring (bicyclic) bond motifs is 3. The van der Waals surface area contributed by atoms with Crippen LogP contribution in [0.1, 0.15) is 77.6 Å². The first kappa shape index (κ1) is 47.5. The van der Waals surface area contributed by atoms with Crippen molar-refractivity contribution < 1.29 is 47.5 Å². The molecule has 0 heterocycles. The normalized spacial score (nSPS) is 12.0. The van der Waals surface area contributed by atoms with Gasteiger partial charge in [0.25, 0.3) is 0 Å². The number of hydrogen-bond donors (Lipinski definition) is 0. The molecule has 6 aromatic rings. The van der Waals surface area contributed by atoms with E-state index in [1.54, 1.807) is 13.8 Å². The standard InChI is InChI=1S/C57H58O10/c1-11-60-47-43(37-27-19-17-20-28-37)49(66-55(58)35(7)8)53(64-15-5)51(62-13-3)45(47)57(41-33-25-23-31-39(41)40-32-24-26-34-42(40)57)46-48(61-12-2)44(38-29-21-18-22-30-38)50(67-56(59)36(9)10)54(65-16-6)52(46)63-14-4/h17-34H,7,9,11-16H2,1-6,8,10H3. The molecule has 67 heavy (non-hydrogen) atoms. The van der Waals surface area contributed by atoms with Gasteiger partial charge in [0.1, 0.15) is 11.5 Å². The molecule has 346 valence electrons. The fourth-order valence-electron chi connectivity index (χ4n) is 8.88. The van der Waals surface area contributed by atoms with Gasteiger partial charge in [0.15, 0.2) is 23.0 Å². The summed E-state index contributed by atoms with van der Waals surface area (Å²) in [5, 5.41) is 0. The van der Waals surface area contributed by atoms with Gasteiger partial charge in [-0.1, -0.05) is 122 Å². The Kier molecular flexibility index (Phi) is 14.7. The van der Waals surface area contributed by atoms with Gasteiger partial charge in [-0.15, -0.1) is 0 Å². The van der Waals surface area contributed by atoms with Crippen molar-refractivity contribution in [2.24, 2.45) is 0 Å². The second kappa shape index (κ2) is 20.8. The number of benzene rings is 6. The molecular formula is C57H58O10. The molecule has 0 amide bonds. The first-order valence-electron chi connectivity index (χ1n) is 22.9. The Hall–Kier alpha value is -7.46. The molecule has 0 saturated carbocycles. The lowest BCUT2D eigenvalue weighted by molar-refractivity contribution is -0.131. The number of rotatable bonds is 20. The van der Waals surface area contributed by atoms with Crippen molar-refractivity contribution in [2.45, 2.75) is 60.8 Å². The average molecular weight is 903 g/mol. The van der Waals surface area contributed by atoms with Gasteiger partial charge < -0.3 is 37.9 Å². The van der Waals surface area contributed by atoms with Crippen LogP contribution in [-0.4, -0.2) is 51.6 Å². The smallest absolute Gasteiger partial charge is 0.338 e. The van der Waals surface area contributed by atoms with Gasteiger partial charge in [-0.3, -0.25) is 0 Å².